The van der Waals surface area contributed by atoms with E-state index in [1.165, 1.54) is 0 Å². The summed E-state index contributed by atoms with van der Waals surface area (Å²) in [6.45, 7) is 10.2. The van der Waals surface area contributed by atoms with E-state index in [0.717, 1.165) is 23.8 Å². The summed E-state index contributed by atoms with van der Waals surface area (Å²) in [7, 11) is 0. The zero-order valence-corrected chi connectivity index (χ0v) is 12.3. The fourth-order valence-electron chi connectivity index (χ4n) is 1.66. The predicted molar refractivity (Wildman–Crippen MR) is 74.0 cm³/mol. The highest BCUT2D eigenvalue weighted by atomic mass is 32.1. The monoisotopic (exact) mass is 270 g/mol. The minimum absolute atomic E-state index is 0.340. The third-order valence-electron chi connectivity index (χ3n) is 2.85. The first-order valence-electron chi connectivity index (χ1n) is 6.33. The Bertz CT molecular complexity index is 390. The summed E-state index contributed by atoms with van der Waals surface area (Å²) in [4.78, 5) is 17.6. The van der Waals surface area contributed by atoms with E-state index in [4.69, 9.17) is 5.11 Å². The molecule has 1 atom stereocenters. The Labute approximate surface area is 113 Å². The van der Waals surface area contributed by atoms with Crippen LogP contribution in [0.4, 0.5) is 0 Å². The van der Waals surface area contributed by atoms with Crippen molar-refractivity contribution in [3.8, 4) is 0 Å². The highest BCUT2D eigenvalue weighted by Gasteiger charge is 2.16. The summed E-state index contributed by atoms with van der Waals surface area (Å²) < 4.78 is 0. The highest BCUT2D eigenvalue weighted by Crippen LogP contribution is 2.20. The molecule has 102 valence electrons. The smallest absolute Gasteiger partial charge is 0.307 e. The second-order valence-electron chi connectivity index (χ2n) is 4.90. The van der Waals surface area contributed by atoms with E-state index in [-0.39, 0.29) is 5.92 Å². The summed E-state index contributed by atoms with van der Waals surface area (Å²) in [6, 6.07) is 0. The number of hydrogen-bond acceptors (Lipinski definition) is 4. The molecule has 0 amide bonds. The summed E-state index contributed by atoms with van der Waals surface area (Å²) in [5.41, 5.74) is 1.04. The maximum atomic E-state index is 10.9. The van der Waals surface area contributed by atoms with Crippen LogP contribution in [0.15, 0.2) is 5.38 Å². The number of thiazole rings is 1. The van der Waals surface area contributed by atoms with Crippen molar-refractivity contribution in [3.63, 3.8) is 0 Å². The van der Waals surface area contributed by atoms with Gasteiger partial charge in [0.1, 0.15) is 0 Å². The first-order chi connectivity index (χ1) is 8.43. The quantitative estimate of drug-likeness (QED) is 0.827. The topological polar surface area (TPSA) is 53.4 Å². The highest BCUT2D eigenvalue weighted by molar-refractivity contribution is 7.09. The average molecular weight is 270 g/mol. The molecular weight excluding hydrogens is 248 g/mol. The lowest BCUT2D eigenvalue weighted by atomic mass is 10.1. The summed E-state index contributed by atoms with van der Waals surface area (Å²) >= 11 is 1.68. The van der Waals surface area contributed by atoms with Crippen LogP contribution in [0.1, 0.15) is 44.3 Å². The lowest BCUT2D eigenvalue weighted by Gasteiger charge is -2.21. The normalized spacial score (nSPS) is 13.2. The first-order valence-corrected chi connectivity index (χ1v) is 7.21. The van der Waals surface area contributed by atoms with Crippen LogP contribution >= 0.6 is 11.3 Å². The van der Waals surface area contributed by atoms with Crippen molar-refractivity contribution in [1.29, 1.82) is 0 Å². The molecule has 0 radical (unpaired) electrons. The van der Waals surface area contributed by atoms with E-state index in [1.807, 2.05) is 6.92 Å². The van der Waals surface area contributed by atoms with Crippen LogP contribution in [0.5, 0.6) is 0 Å². The third-order valence-corrected chi connectivity index (χ3v) is 4.04. The second-order valence-corrected chi connectivity index (χ2v) is 5.79. The van der Waals surface area contributed by atoms with Crippen molar-refractivity contribution in [3.05, 3.63) is 16.1 Å². The van der Waals surface area contributed by atoms with Gasteiger partial charge in [0.05, 0.1) is 16.6 Å². The average Bonchev–Trinajstić information content (AvgIpc) is 2.76. The van der Waals surface area contributed by atoms with E-state index in [1.54, 1.807) is 18.3 Å². The van der Waals surface area contributed by atoms with Crippen LogP contribution in [-0.4, -0.2) is 34.0 Å². The van der Waals surface area contributed by atoms with Crippen molar-refractivity contribution < 1.29 is 9.90 Å². The van der Waals surface area contributed by atoms with E-state index in [9.17, 15) is 4.79 Å². The molecule has 1 aromatic rings. The molecule has 0 saturated carbocycles. The molecule has 0 aliphatic carbocycles. The van der Waals surface area contributed by atoms with E-state index < -0.39 is 5.97 Å². The third kappa shape index (κ3) is 4.38. The maximum absolute atomic E-state index is 10.9. The molecule has 0 spiro atoms. The van der Waals surface area contributed by atoms with Gasteiger partial charge in [0.25, 0.3) is 0 Å². The lowest BCUT2D eigenvalue weighted by molar-refractivity contribution is -0.141. The Morgan fingerprint density at radius 3 is 2.61 bits per heavy atom. The van der Waals surface area contributed by atoms with Crippen molar-refractivity contribution in [2.24, 2.45) is 5.92 Å². The zero-order valence-electron chi connectivity index (χ0n) is 11.5. The number of carboxylic acids is 1. The van der Waals surface area contributed by atoms with Gasteiger partial charge in [-0.05, 0) is 6.54 Å². The van der Waals surface area contributed by atoms with Crippen molar-refractivity contribution in [2.45, 2.75) is 40.2 Å². The Hall–Kier alpha value is -0.940. The summed E-state index contributed by atoms with van der Waals surface area (Å²) in [5.74, 6) is -0.625. The molecule has 1 aromatic heterocycles. The number of carbonyl (C=O) groups is 1. The molecule has 0 saturated heterocycles. The van der Waals surface area contributed by atoms with Crippen molar-refractivity contribution in [2.75, 3.05) is 13.1 Å². The van der Waals surface area contributed by atoms with Gasteiger partial charge in [-0.25, -0.2) is 4.98 Å². The van der Waals surface area contributed by atoms with E-state index >= 15 is 0 Å². The standard InChI is InChI=1S/C13H22N2O2S/c1-5-15(6-10(4)13(16)17)7-11-8-18-12(14-11)9(2)3/h8-10H,5-7H2,1-4H3,(H,16,17). The van der Waals surface area contributed by atoms with Crippen LogP contribution in [0.3, 0.4) is 0 Å². The molecule has 1 rings (SSSR count). The van der Waals surface area contributed by atoms with Gasteiger partial charge in [0.15, 0.2) is 0 Å². The number of aromatic nitrogens is 1. The van der Waals surface area contributed by atoms with Gasteiger partial charge in [-0.3, -0.25) is 9.69 Å². The fourth-order valence-corrected chi connectivity index (χ4v) is 2.49. The SMILES string of the molecule is CCN(Cc1csc(C(C)C)n1)CC(C)C(=O)O. The number of rotatable bonds is 7. The molecule has 0 aliphatic heterocycles. The van der Waals surface area contributed by atoms with Crippen LogP contribution in [0, 0.1) is 5.92 Å². The molecule has 0 aromatic carbocycles. The molecule has 0 aliphatic rings. The number of aliphatic carboxylic acids is 1. The predicted octanol–water partition coefficient (Wildman–Crippen LogP) is 2.81. The minimum atomic E-state index is -0.741. The van der Waals surface area contributed by atoms with Crippen LogP contribution in [0.2, 0.25) is 0 Å². The Morgan fingerprint density at radius 1 is 1.50 bits per heavy atom. The molecule has 1 N–H and O–H groups in total. The van der Waals surface area contributed by atoms with Crippen molar-refractivity contribution in [1.82, 2.24) is 9.88 Å². The molecule has 5 heteroatoms. The van der Waals surface area contributed by atoms with Gasteiger partial charge in [0.2, 0.25) is 0 Å². The van der Waals surface area contributed by atoms with E-state index in [2.05, 4.69) is 29.1 Å². The summed E-state index contributed by atoms with van der Waals surface area (Å²) in [5, 5.41) is 12.1. The van der Waals surface area contributed by atoms with Crippen LogP contribution in [-0.2, 0) is 11.3 Å². The molecule has 0 bridgehead atoms. The number of nitrogens with zero attached hydrogens (tertiary/aromatic N) is 2. The van der Waals surface area contributed by atoms with Gasteiger partial charge in [-0.1, -0.05) is 27.7 Å². The summed E-state index contributed by atoms with van der Waals surface area (Å²) in [6.07, 6.45) is 0. The van der Waals surface area contributed by atoms with Crippen LogP contribution < -0.4 is 0 Å². The van der Waals surface area contributed by atoms with E-state index in [0.29, 0.717) is 12.5 Å². The Balaban J connectivity index is 2.59. The molecule has 1 unspecified atom stereocenters. The minimum Gasteiger partial charge on any atom is -0.481 e. The zero-order chi connectivity index (χ0) is 13.7. The van der Waals surface area contributed by atoms with Crippen molar-refractivity contribution >= 4 is 17.3 Å². The molecule has 18 heavy (non-hydrogen) atoms. The fraction of sp³-hybridized carbons (Fsp3) is 0.692. The van der Waals surface area contributed by atoms with Gasteiger partial charge in [0, 0.05) is 24.4 Å². The Kier molecular flexibility index (Phi) is 5.75. The maximum Gasteiger partial charge on any atom is 0.307 e. The van der Waals surface area contributed by atoms with Gasteiger partial charge in [-0.15, -0.1) is 11.3 Å². The van der Waals surface area contributed by atoms with Gasteiger partial charge >= 0.3 is 5.97 Å². The van der Waals surface area contributed by atoms with Crippen LogP contribution in [0.25, 0.3) is 0 Å². The lowest BCUT2D eigenvalue weighted by Crippen LogP contribution is -2.31. The molecule has 0 fully saturated rings. The number of carboxylic acid groups (broad SMARTS) is 1. The Morgan fingerprint density at radius 2 is 2.17 bits per heavy atom. The van der Waals surface area contributed by atoms with Gasteiger partial charge in [-0.2, -0.15) is 0 Å². The first kappa shape index (κ1) is 15.1. The second kappa shape index (κ2) is 6.85. The van der Waals surface area contributed by atoms with Gasteiger partial charge < -0.3 is 5.11 Å². The largest absolute Gasteiger partial charge is 0.481 e. The molecule has 1 heterocycles. The number of hydrogen-bond donors (Lipinski definition) is 1. The molecular formula is C13H22N2O2S. The molecule has 4 nitrogen and oxygen atoms in total.